The van der Waals surface area contributed by atoms with Crippen molar-refractivity contribution >= 4 is 31.3 Å². The second-order valence-electron chi connectivity index (χ2n) is 4.02. The fraction of sp³-hybridized carbons (Fsp3) is 0.364. The van der Waals surface area contributed by atoms with E-state index in [4.69, 9.17) is 15.4 Å². The molecule has 0 saturated heterocycles. The van der Waals surface area contributed by atoms with Gasteiger partial charge < -0.3 is 9.64 Å². The first-order valence-corrected chi connectivity index (χ1v) is 8.07. The van der Waals surface area contributed by atoms with Crippen molar-refractivity contribution in [1.82, 2.24) is 4.90 Å². The molecule has 0 unspecified atom stereocenters. The van der Waals surface area contributed by atoms with Crippen molar-refractivity contribution in [3.63, 3.8) is 0 Å². The summed E-state index contributed by atoms with van der Waals surface area (Å²) in [6, 6.07) is 2.94. The molecule has 10 heteroatoms. The molecule has 21 heavy (non-hydrogen) atoms. The van der Waals surface area contributed by atoms with E-state index in [9.17, 15) is 23.3 Å². The van der Waals surface area contributed by atoms with E-state index in [0.29, 0.717) is 6.54 Å². The molecule has 0 bridgehead atoms. The van der Waals surface area contributed by atoms with Crippen LogP contribution in [0, 0.1) is 10.1 Å². The summed E-state index contributed by atoms with van der Waals surface area (Å²) in [7, 11) is 2.53. The van der Waals surface area contributed by atoms with Crippen LogP contribution < -0.4 is 4.74 Å². The van der Waals surface area contributed by atoms with Crippen molar-refractivity contribution < 1.29 is 22.9 Å². The average molecular weight is 337 g/mol. The van der Waals surface area contributed by atoms with Crippen LogP contribution in [-0.4, -0.2) is 44.3 Å². The van der Waals surface area contributed by atoms with E-state index in [0.717, 1.165) is 18.2 Å². The van der Waals surface area contributed by atoms with Crippen LogP contribution >= 0.6 is 10.7 Å². The molecule has 0 N–H and O–H groups in total. The van der Waals surface area contributed by atoms with Gasteiger partial charge in [0.15, 0.2) is 6.61 Å². The number of nitrogens with zero attached hydrogens (tertiary/aromatic N) is 2. The molecule has 116 valence electrons. The molecule has 0 aromatic heterocycles. The lowest BCUT2D eigenvalue weighted by atomic mass is 10.3. The standard InChI is InChI=1S/C11H13ClN2O6S/c1-3-13(2)11(15)7-20-9-5-4-8(14(16)17)6-10(9)21(12,18)19/h4-6H,3,7H2,1-2H3. The van der Waals surface area contributed by atoms with Gasteiger partial charge in [0, 0.05) is 36.4 Å². The molecular weight excluding hydrogens is 324 g/mol. The van der Waals surface area contributed by atoms with E-state index in [1.165, 1.54) is 4.90 Å². The maximum absolute atomic E-state index is 11.6. The van der Waals surface area contributed by atoms with Crippen LogP contribution in [0.15, 0.2) is 23.1 Å². The smallest absolute Gasteiger partial charge is 0.271 e. The monoisotopic (exact) mass is 336 g/mol. The van der Waals surface area contributed by atoms with Crippen molar-refractivity contribution in [3.8, 4) is 5.75 Å². The number of rotatable bonds is 6. The predicted octanol–water partition coefficient (Wildman–Crippen LogP) is 1.38. The van der Waals surface area contributed by atoms with E-state index >= 15 is 0 Å². The molecule has 1 amide bonds. The number of halogens is 1. The number of hydrogen-bond donors (Lipinski definition) is 0. The van der Waals surface area contributed by atoms with Gasteiger partial charge >= 0.3 is 0 Å². The minimum atomic E-state index is -4.25. The fourth-order valence-corrected chi connectivity index (χ4v) is 2.34. The van der Waals surface area contributed by atoms with E-state index in [1.807, 2.05) is 0 Å². The summed E-state index contributed by atoms with van der Waals surface area (Å²) >= 11 is 0. The number of hydrogen-bond acceptors (Lipinski definition) is 6. The number of carbonyl (C=O) groups excluding carboxylic acids is 1. The van der Waals surface area contributed by atoms with Crippen LogP contribution in [0.25, 0.3) is 0 Å². The number of nitro groups is 1. The summed E-state index contributed by atoms with van der Waals surface area (Å²) < 4.78 is 28.0. The van der Waals surface area contributed by atoms with E-state index in [-0.39, 0.29) is 11.7 Å². The third-order valence-electron chi connectivity index (χ3n) is 2.65. The molecule has 0 aliphatic carbocycles. The van der Waals surface area contributed by atoms with Crippen LogP contribution in [0.4, 0.5) is 5.69 Å². The lowest BCUT2D eigenvalue weighted by Crippen LogP contribution is -2.31. The molecule has 8 nitrogen and oxygen atoms in total. The summed E-state index contributed by atoms with van der Waals surface area (Å²) in [4.78, 5) is 22.3. The molecule has 0 fully saturated rings. The van der Waals surface area contributed by atoms with Crippen LogP contribution in [-0.2, 0) is 13.8 Å². The van der Waals surface area contributed by atoms with Gasteiger partial charge in [0.05, 0.1) is 4.92 Å². The summed E-state index contributed by atoms with van der Waals surface area (Å²) in [5.74, 6) is -0.581. The SMILES string of the molecule is CCN(C)C(=O)COc1ccc([N+](=O)[O-])cc1S(=O)(=O)Cl. The molecule has 0 aliphatic heterocycles. The van der Waals surface area contributed by atoms with Gasteiger partial charge in [-0.3, -0.25) is 14.9 Å². The zero-order valence-electron chi connectivity index (χ0n) is 11.3. The van der Waals surface area contributed by atoms with Gasteiger partial charge in [-0.2, -0.15) is 0 Å². The Labute approximate surface area is 125 Å². The second kappa shape index (κ2) is 6.72. The fourth-order valence-electron chi connectivity index (χ4n) is 1.35. The molecule has 0 heterocycles. The minimum absolute atomic E-state index is 0.214. The molecule has 0 saturated carbocycles. The van der Waals surface area contributed by atoms with E-state index in [2.05, 4.69) is 0 Å². The molecule has 1 aromatic carbocycles. The normalized spacial score (nSPS) is 11.0. The second-order valence-corrected chi connectivity index (χ2v) is 6.56. The first-order chi connectivity index (χ1) is 9.66. The summed E-state index contributed by atoms with van der Waals surface area (Å²) in [6.45, 7) is 1.82. The molecule has 0 aliphatic rings. The van der Waals surface area contributed by atoms with Gasteiger partial charge in [-0.25, -0.2) is 8.42 Å². The highest BCUT2D eigenvalue weighted by molar-refractivity contribution is 8.13. The highest BCUT2D eigenvalue weighted by Crippen LogP contribution is 2.30. The highest BCUT2D eigenvalue weighted by Gasteiger charge is 2.22. The molecule has 0 spiro atoms. The zero-order valence-corrected chi connectivity index (χ0v) is 12.8. The molecule has 0 radical (unpaired) electrons. The topological polar surface area (TPSA) is 107 Å². The van der Waals surface area contributed by atoms with Crippen LogP contribution in [0.3, 0.4) is 0 Å². The van der Waals surface area contributed by atoms with Crippen LogP contribution in [0.5, 0.6) is 5.75 Å². The highest BCUT2D eigenvalue weighted by atomic mass is 35.7. The summed E-state index contributed by atoms with van der Waals surface area (Å²) in [5, 5.41) is 10.7. The first kappa shape index (κ1) is 17.2. The van der Waals surface area contributed by atoms with Crippen molar-refractivity contribution in [1.29, 1.82) is 0 Å². The zero-order chi connectivity index (χ0) is 16.2. The maximum Gasteiger partial charge on any atom is 0.271 e. The van der Waals surface area contributed by atoms with E-state index in [1.54, 1.807) is 14.0 Å². The largest absolute Gasteiger partial charge is 0.482 e. The van der Waals surface area contributed by atoms with Gasteiger partial charge in [-0.05, 0) is 13.0 Å². The summed E-state index contributed by atoms with van der Waals surface area (Å²) in [5.41, 5.74) is -0.446. The Morgan fingerprint density at radius 3 is 2.57 bits per heavy atom. The van der Waals surface area contributed by atoms with Crippen molar-refractivity contribution in [3.05, 3.63) is 28.3 Å². The van der Waals surface area contributed by atoms with Crippen LogP contribution in [0.2, 0.25) is 0 Å². The van der Waals surface area contributed by atoms with Gasteiger partial charge in [0.1, 0.15) is 10.6 Å². The maximum atomic E-state index is 11.6. The summed E-state index contributed by atoms with van der Waals surface area (Å²) in [6.07, 6.45) is 0. The number of carbonyl (C=O) groups is 1. The third-order valence-corrected chi connectivity index (χ3v) is 4.00. The number of non-ortho nitro benzene ring substituents is 1. The Kier molecular flexibility index (Phi) is 5.50. The number of ether oxygens (including phenoxy) is 1. The Bertz CT molecular complexity index is 661. The van der Waals surface area contributed by atoms with Crippen molar-refractivity contribution in [2.24, 2.45) is 0 Å². The Hall–Kier alpha value is -1.87. The van der Waals surface area contributed by atoms with E-state index < -0.39 is 31.2 Å². The molecule has 1 rings (SSSR count). The molecular formula is C11H13ClN2O6S. The Balaban J connectivity index is 3.07. The Morgan fingerprint density at radius 2 is 2.10 bits per heavy atom. The Morgan fingerprint density at radius 1 is 1.48 bits per heavy atom. The van der Waals surface area contributed by atoms with Gasteiger partial charge in [0.25, 0.3) is 20.6 Å². The van der Waals surface area contributed by atoms with Crippen molar-refractivity contribution in [2.45, 2.75) is 11.8 Å². The van der Waals surface area contributed by atoms with Crippen LogP contribution in [0.1, 0.15) is 6.92 Å². The average Bonchev–Trinajstić information content (AvgIpc) is 2.42. The molecule has 1 aromatic rings. The lowest BCUT2D eigenvalue weighted by Gasteiger charge is -2.15. The number of likely N-dealkylation sites (N-methyl/N-ethyl adjacent to an activating group) is 1. The number of amides is 1. The predicted molar refractivity (Wildman–Crippen MR) is 74.9 cm³/mol. The number of benzene rings is 1. The van der Waals surface area contributed by atoms with Gasteiger partial charge in [0.2, 0.25) is 0 Å². The lowest BCUT2D eigenvalue weighted by molar-refractivity contribution is -0.385. The third kappa shape index (κ3) is 4.57. The molecule has 0 atom stereocenters. The first-order valence-electron chi connectivity index (χ1n) is 5.76. The van der Waals surface area contributed by atoms with Crippen molar-refractivity contribution in [2.75, 3.05) is 20.2 Å². The number of nitro benzene ring substituents is 1. The minimum Gasteiger partial charge on any atom is -0.482 e. The van der Waals surface area contributed by atoms with Gasteiger partial charge in [-0.1, -0.05) is 0 Å². The quantitative estimate of drug-likeness (QED) is 0.441. The van der Waals surface area contributed by atoms with Gasteiger partial charge in [-0.15, -0.1) is 0 Å².